The second kappa shape index (κ2) is 5.65. The number of thioether (sulfide) groups is 1. The molecule has 0 radical (unpaired) electrons. The Kier molecular flexibility index (Phi) is 3.96. The summed E-state index contributed by atoms with van der Waals surface area (Å²) < 4.78 is 5.24. The molecule has 6 nitrogen and oxygen atoms in total. The largest absolute Gasteiger partial charge is 0.468 e. The first-order valence-corrected chi connectivity index (χ1v) is 6.17. The second-order valence-corrected chi connectivity index (χ2v) is 4.55. The summed E-state index contributed by atoms with van der Waals surface area (Å²) in [6.45, 7) is 1.93. The van der Waals surface area contributed by atoms with Gasteiger partial charge in [0, 0.05) is 12.4 Å². The molecular weight excluding hydrogens is 252 g/mol. The fourth-order valence-corrected chi connectivity index (χ4v) is 1.93. The number of amides is 1. The van der Waals surface area contributed by atoms with Gasteiger partial charge >= 0.3 is 0 Å². The molecule has 0 aliphatic heterocycles. The highest BCUT2D eigenvalue weighted by molar-refractivity contribution is 7.98. The van der Waals surface area contributed by atoms with Crippen LogP contribution in [0.15, 0.2) is 34.3 Å². The molecule has 0 unspecified atom stereocenters. The third-order valence-electron chi connectivity index (χ3n) is 2.15. The van der Waals surface area contributed by atoms with Crippen LogP contribution in [0.5, 0.6) is 0 Å². The number of furan rings is 1. The Balaban J connectivity index is 1.96. The summed E-state index contributed by atoms with van der Waals surface area (Å²) in [5.41, 5.74) is 3.46. The van der Waals surface area contributed by atoms with Crippen LogP contribution in [0.1, 0.15) is 21.7 Å². The smallest absolute Gasteiger partial charge is 0.268 e. The first-order valence-electron chi connectivity index (χ1n) is 5.19. The predicted molar refractivity (Wildman–Crippen MR) is 66.7 cm³/mol. The Bertz CT molecular complexity index is 538. The van der Waals surface area contributed by atoms with Crippen LogP contribution in [0.4, 0.5) is 0 Å². The van der Waals surface area contributed by atoms with E-state index in [4.69, 9.17) is 10.3 Å². The van der Waals surface area contributed by atoms with E-state index in [9.17, 15) is 4.79 Å². The number of nitrogens with zero attached hydrogens (tertiary/aromatic N) is 2. The number of hydrogen-bond acceptors (Lipinski definition) is 6. The fraction of sp³-hybridized carbons (Fsp3) is 0.182. The fourth-order valence-electron chi connectivity index (χ4n) is 1.25. The first-order chi connectivity index (χ1) is 8.69. The van der Waals surface area contributed by atoms with Crippen molar-refractivity contribution >= 4 is 17.7 Å². The summed E-state index contributed by atoms with van der Waals surface area (Å²) in [6.07, 6.45) is 4.88. The van der Waals surface area contributed by atoms with Crippen LogP contribution in [0, 0.1) is 6.92 Å². The van der Waals surface area contributed by atoms with Gasteiger partial charge < -0.3 is 4.42 Å². The summed E-state index contributed by atoms with van der Waals surface area (Å²) in [5, 5.41) is 0.668. The number of nitrogens with one attached hydrogen (secondary N) is 1. The summed E-state index contributed by atoms with van der Waals surface area (Å²) in [4.78, 5) is 19.5. The Labute approximate surface area is 108 Å². The standard InChI is InChI=1S/C11H12N4O2S/c1-7-3-13-11(14-4-7)18-6-9-2-8(5-17-9)10(16)15-12/h2-5H,6,12H2,1H3,(H,15,16). The van der Waals surface area contributed by atoms with Gasteiger partial charge in [0.05, 0.1) is 11.3 Å². The maximum Gasteiger partial charge on any atom is 0.268 e. The van der Waals surface area contributed by atoms with Gasteiger partial charge in [-0.2, -0.15) is 0 Å². The number of hydrazine groups is 1. The lowest BCUT2D eigenvalue weighted by Gasteiger charge is -1.97. The summed E-state index contributed by atoms with van der Waals surface area (Å²) in [5.74, 6) is 5.88. The van der Waals surface area contributed by atoms with Gasteiger partial charge in [0.1, 0.15) is 12.0 Å². The average molecular weight is 264 g/mol. The van der Waals surface area contributed by atoms with Crippen LogP contribution in [-0.4, -0.2) is 15.9 Å². The van der Waals surface area contributed by atoms with Crippen molar-refractivity contribution < 1.29 is 9.21 Å². The van der Waals surface area contributed by atoms with Crippen molar-refractivity contribution in [2.75, 3.05) is 0 Å². The number of nitrogen functional groups attached to an aromatic ring is 1. The van der Waals surface area contributed by atoms with Crippen molar-refractivity contribution in [1.82, 2.24) is 15.4 Å². The molecular formula is C11H12N4O2S. The zero-order valence-corrected chi connectivity index (χ0v) is 10.5. The molecule has 18 heavy (non-hydrogen) atoms. The van der Waals surface area contributed by atoms with E-state index in [1.165, 1.54) is 18.0 Å². The normalized spacial score (nSPS) is 10.3. The van der Waals surface area contributed by atoms with Gasteiger partial charge in [-0.25, -0.2) is 15.8 Å². The lowest BCUT2D eigenvalue weighted by molar-refractivity contribution is 0.0953. The molecule has 0 aliphatic rings. The van der Waals surface area contributed by atoms with Gasteiger partial charge in [-0.3, -0.25) is 10.2 Å². The summed E-state index contributed by atoms with van der Waals surface area (Å²) in [7, 11) is 0. The van der Waals surface area contributed by atoms with E-state index < -0.39 is 0 Å². The van der Waals surface area contributed by atoms with Crippen LogP contribution in [-0.2, 0) is 5.75 Å². The van der Waals surface area contributed by atoms with Gasteiger partial charge in [-0.15, -0.1) is 0 Å². The summed E-state index contributed by atoms with van der Waals surface area (Å²) in [6, 6.07) is 1.64. The highest BCUT2D eigenvalue weighted by Crippen LogP contribution is 2.20. The van der Waals surface area contributed by atoms with Crippen molar-refractivity contribution in [1.29, 1.82) is 0 Å². The minimum atomic E-state index is -0.374. The summed E-state index contributed by atoms with van der Waals surface area (Å²) >= 11 is 1.44. The van der Waals surface area contributed by atoms with Gasteiger partial charge in [0.25, 0.3) is 5.91 Å². The van der Waals surface area contributed by atoms with Crippen molar-refractivity contribution in [3.05, 3.63) is 41.6 Å². The zero-order valence-electron chi connectivity index (χ0n) is 9.71. The Morgan fingerprint density at radius 2 is 2.22 bits per heavy atom. The van der Waals surface area contributed by atoms with Crippen LogP contribution < -0.4 is 11.3 Å². The Hall–Kier alpha value is -1.86. The maximum absolute atomic E-state index is 11.2. The van der Waals surface area contributed by atoms with Crippen LogP contribution in [0.25, 0.3) is 0 Å². The van der Waals surface area contributed by atoms with Gasteiger partial charge in [0.15, 0.2) is 5.16 Å². The second-order valence-electron chi connectivity index (χ2n) is 3.61. The molecule has 3 N–H and O–H groups in total. The quantitative estimate of drug-likeness (QED) is 0.284. The molecule has 7 heteroatoms. The van der Waals surface area contributed by atoms with E-state index in [2.05, 4.69) is 9.97 Å². The molecule has 0 saturated carbocycles. The number of rotatable bonds is 4. The lowest BCUT2D eigenvalue weighted by Crippen LogP contribution is -2.29. The third kappa shape index (κ3) is 3.08. The first kappa shape index (κ1) is 12.6. The van der Waals surface area contributed by atoms with Gasteiger partial charge in [-0.05, 0) is 18.6 Å². The predicted octanol–water partition coefficient (Wildman–Crippen LogP) is 1.27. The van der Waals surface area contributed by atoms with E-state index in [-0.39, 0.29) is 5.91 Å². The number of aryl methyl sites for hydroxylation is 1. The minimum Gasteiger partial charge on any atom is -0.468 e. The van der Waals surface area contributed by atoms with E-state index in [1.54, 1.807) is 18.5 Å². The SMILES string of the molecule is Cc1cnc(SCc2cc(C(=O)NN)co2)nc1. The number of carbonyl (C=O) groups is 1. The van der Waals surface area contributed by atoms with Gasteiger partial charge in [-0.1, -0.05) is 11.8 Å². The Morgan fingerprint density at radius 1 is 1.50 bits per heavy atom. The highest BCUT2D eigenvalue weighted by Gasteiger charge is 2.09. The number of carbonyl (C=O) groups excluding carboxylic acids is 1. The van der Waals surface area contributed by atoms with Crippen molar-refractivity contribution in [2.24, 2.45) is 5.84 Å². The molecule has 2 rings (SSSR count). The lowest BCUT2D eigenvalue weighted by atomic mass is 10.3. The molecule has 94 valence electrons. The van der Waals surface area contributed by atoms with Gasteiger partial charge in [0.2, 0.25) is 0 Å². The molecule has 2 heterocycles. The molecule has 0 fully saturated rings. The van der Waals surface area contributed by atoms with Crippen molar-refractivity contribution in [3.8, 4) is 0 Å². The Morgan fingerprint density at radius 3 is 2.89 bits per heavy atom. The zero-order chi connectivity index (χ0) is 13.0. The third-order valence-corrected chi connectivity index (χ3v) is 3.05. The van der Waals surface area contributed by atoms with Crippen molar-refractivity contribution in [2.45, 2.75) is 17.8 Å². The van der Waals surface area contributed by atoms with Crippen LogP contribution >= 0.6 is 11.8 Å². The van der Waals surface area contributed by atoms with Crippen LogP contribution in [0.3, 0.4) is 0 Å². The number of aromatic nitrogens is 2. The average Bonchev–Trinajstić information content (AvgIpc) is 2.86. The molecule has 0 saturated heterocycles. The molecule has 0 spiro atoms. The highest BCUT2D eigenvalue weighted by atomic mass is 32.2. The van der Waals surface area contributed by atoms with E-state index in [0.29, 0.717) is 22.2 Å². The van der Waals surface area contributed by atoms with E-state index >= 15 is 0 Å². The van der Waals surface area contributed by atoms with E-state index in [1.807, 2.05) is 12.3 Å². The molecule has 2 aromatic heterocycles. The monoisotopic (exact) mass is 264 g/mol. The molecule has 0 atom stereocenters. The topological polar surface area (TPSA) is 94.0 Å². The minimum absolute atomic E-state index is 0.374. The van der Waals surface area contributed by atoms with Crippen molar-refractivity contribution in [3.63, 3.8) is 0 Å². The number of nitrogens with two attached hydrogens (primary N) is 1. The molecule has 2 aromatic rings. The maximum atomic E-state index is 11.2. The van der Waals surface area contributed by atoms with Crippen LogP contribution in [0.2, 0.25) is 0 Å². The molecule has 0 aromatic carbocycles. The van der Waals surface area contributed by atoms with E-state index in [0.717, 1.165) is 5.56 Å². The number of hydrogen-bond donors (Lipinski definition) is 2. The molecule has 1 amide bonds. The molecule has 0 aliphatic carbocycles. The molecule has 0 bridgehead atoms.